The molecule has 3 fully saturated rings. The lowest BCUT2D eigenvalue weighted by atomic mass is 9.83. The van der Waals surface area contributed by atoms with Gasteiger partial charge in [-0.2, -0.15) is 0 Å². The molecule has 0 aromatic heterocycles. The number of nitro groups is 3. The molecule has 3 aromatic rings. The third-order valence-electron chi connectivity index (χ3n) is 11.8. The summed E-state index contributed by atoms with van der Waals surface area (Å²) in [6.07, 6.45) is -2.39. The van der Waals surface area contributed by atoms with Gasteiger partial charge in [0.2, 0.25) is 11.8 Å². The summed E-state index contributed by atoms with van der Waals surface area (Å²) < 4.78 is 21.5. The fourth-order valence-corrected chi connectivity index (χ4v) is 9.75. The first-order valence-corrected chi connectivity index (χ1v) is 22.0. The lowest BCUT2D eigenvalue weighted by molar-refractivity contribution is -0.385. The number of carbonyl (C=O) groups is 5. The van der Waals surface area contributed by atoms with Crippen molar-refractivity contribution in [2.24, 2.45) is 5.92 Å². The summed E-state index contributed by atoms with van der Waals surface area (Å²) in [5.41, 5.74) is 1.08. The Labute approximate surface area is 385 Å². The molecule has 3 saturated heterocycles. The minimum absolute atomic E-state index is 0.00479. The molecule has 4 aliphatic rings. The maximum Gasteiger partial charge on any atom is 0.508 e. The van der Waals surface area contributed by atoms with Crippen LogP contribution in [0.15, 0.2) is 83.4 Å². The third kappa shape index (κ3) is 11.3. The topological polar surface area (TPSA) is 285 Å². The number of nitro benzene ring substituents is 3. The Bertz CT molecular complexity index is 2430. The van der Waals surface area contributed by atoms with Crippen LogP contribution < -0.4 is 0 Å². The Morgan fingerprint density at radius 1 is 0.746 bits per heavy atom. The van der Waals surface area contributed by atoms with E-state index in [0.29, 0.717) is 41.2 Å². The Balaban J connectivity index is 0.996. The highest BCUT2D eigenvalue weighted by molar-refractivity contribution is 8.03. The standard InChI is InChI=1S/C43H45N7O16S/c1-26(51)37-34-21-36(38(47(34)40(37)53)41(54)64-23-27-2-8-30(9-3-27)48(57)58)67-33-20-35(46(22-33)42(55)65-24-28-4-10-31(11-5-28)49(59)60)39(52)45-16-14-44(15-17-45)18-19-63-43(56)66-25-29-6-12-32(13-7-29)50(61)62/h2-13,26,33-35,37,51H,14-25H2,1H3/t26-,33+,34-,35+,37-/m1/s1. The van der Waals surface area contributed by atoms with Crippen molar-refractivity contribution < 1.29 is 62.8 Å². The van der Waals surface area contributed by atoms with Crippen LogP contribution in [0.25, 0.3) is 0 Å². The molecule has 7 rings (SSSR count). The van der Waals surface area contributed by atoms with E-state index in [9.17, 15) is 59.4 Å². The molecule has 0 bridgehead atoms. The second-order valence-corrected chi connectivity index (χ2v) is 17.5. The molecular weight excluding hydrogens is 903 g/mol. The third-order valence-corrected chi connectivity index (χ3v) is 13.1. The molecule has 0 aliphatic carbocycles. The van der Waals surface area contributed by atoms with Crippen molar-refractivity contribution in [2.75, 3.05) is 45.9 Å². The molecular formula is C43H45N7O16S. The van der Waals surface area contributed by atoms with Crippen LogP contribution in [-0.2, 0) is 53.2 Å². The van der Waals surface area contributed by atoms with Gasteiger partial charge in [-0.05, 0) is 66.4 Å². The van der Waals surface area contributed by atoms with E-state index in [1.165, 1.54) is 101 Å². The number of non-ortho nitro benzene ring substituents is 3. The molecule has 24 heteroatoms. The van der Waals surface area contributed by atoms with E-state index in [1.807, 2.05) is 4.90 Å². The second-order valence-electron chi connectivity index (χ2n) is 16.1. The minimum Gasteiger partial charge on any atom is -0.456 e. The van der Waals surface area contributed by atoms with Gasteiger partial charge in [-0.25, -0.2) is 14.4 Å². The number of amides is 3. The predicted octanol–water partition coefficient (Wildman–Crippen LogP) is 4.29. The van der Waals surface area contributed by atoms with Gasteiger partial charge in [0.25, 0.3) is 17.1 Å². The lowest BCUT2D eigenvalue weighted by Gasteiger charge is -2.44. The summed E-state index contributed by atoms with van der Waals surface area (Å²) in [7, 11) is 0. The van der Waals surface area contributed by atoms with Crippen molar-refractivity contribution in [1.82, 2.24) is 19.6 Å². The predicted molar refractivity (Wildman–Crippen MR) is 232 cm³/mol. The smallest absolute Gasteiger partial charge is 0.456 e. The number of hydrogen-bond donors (Lipinski definition) is 1. The van der Waals surface area contributed by atoms with E-state index < -0.39 is 68.3 Å². The number of aliphatic hydroxyl groups is 1. The number of ether oxygens (including phenoxy) is 4. The number of piperazine rings is 1. The van der Waals surface area contributed by atoms with Crippen molar-refractivity contribution in [3.8, 4) is 0 Å². The number of β-lactam (4-membered cyclic amide) rings is 1. The molecule has 23 nitrogen and oxygen atoms in total. The van der Waals surface area contributed by atoms with Crippen LogP contribution in [0.1, 0.15) is 36.5 Å². The highest BCUT2D eigenvalue weighted by Gasteiger charge is 2.57. The molecule has 1 N–H and O–H groups in total. The van der Waals surface area contributed by atoms with Crippen LogP contribution in [0.4, 0.5) is 26.7 Å². The highest BCUT2D eigenvalue weighted by atomic mass is 32.2. The number of aliphatic hydroxyl groups excluding tert-OH is 1. The molecule has 0 unspecified atom stereocenters. The van der Waals surface area contributed by atoms with Gasteiger partial charge in [-0.15, -0.1) is 11.8 Å². The van der Waals surface area contributed by atoms with Crippen LogP contribution in [0.5, 0.6) is 0 Å². The van der Waals surface area contributed by atoms with Crippen molar-refractivity contribution in [2.45, 2.75) is 63.0 Å². The summed E-state index contributed by atoms with van der Waals surface area (Å²) in [4.78, 5) is 106. The molecule has 3 aromatic carbocycles. The van der Waals surface area contributed by atoms with Gasteiger partial charge in [0.15, 0.2) is 0 Å². The molecule has 0 saturated carbocycles. The molecule has 67 heavy (non-hydrogen) atoms. The molecule has 4 heterocycles. The first-order valence-electron chi connectivity index (χ1n) is 21.1. The zero-order valence-corrected chi connectivity index (χ0v) is 36.7. The van der Waals surface area contributed by atoms with Gasteiger partial charge in [0, 0.05) is 92.2 Å². The average molecular weight is 948 g/mol. The number of hydrogen-bond acceptors (Lipinski definition) is 18. The zero-order chi connectivity index (χ0) is 47.9. The van der Waals surface area contributed by atoms with E-state index in [2.05, 4.69) is 0 Å². The summed E-state index contributed by atoms with van der Waals surface area (Å²) in [5, 5.41) is 43.1. The van der Waals surface area contributed by atoms with Gasteiger partial charge < -0.3 is 33.9 Å². The SMILES string of the molecule is C[C@@H](O)[C@H]1C(=O)N2C(C(=O)OCc3ccc([N+](=O)[O-])cc3)=C(S[C@H]3C[C@@H](C(=O)N4CCN(CCOC(=O)OCc5ccc([N+](=O)[O-])cc5)CC4)N(C(=O)OCc4ccc([N+](=O)[O-])cc4)C3)C[C@H]12. The van der Waals surface area contributed by atoms with Gasteiger partial charge >= 0.3 is 18.2 Å². The highest BCUT2D eigenvalue weighted by Crippen LogP contribution is 2.49. The Hall–Kier alpha value is -7.18. The van der Waals surface area contributed by atoms with E-state index in [1.54, 1.807) is 4.90 Å². The molecule has 5 atom stereocenters. The van der Waals surface area contributed by atoms with E-state index in [-0.39, 0.29) is 87.6 Å². The van der Waals surface area contributed by atoms with Gasteiger partial charge in [-0.1, -0.05) is 0 Å². The van der Waals surface area contributed by atoms with Gasteiger partial charge in [0.05, 0.1) is 32.8 Å². The number of rotatable bonds is 17. The van der Waals surface area contributed by atoms with E-state index >= 15 is 0 Å². The summed E-state index contributed by atoms with van der Waals surface area (Å²) in [5.74, 6) is -2.41. The Morgan fingerprint density at radius 2 is 1.25 bits per heavy atom. The molecule has 354 valence electrons. The summed E-state index contributed by atoms with van der Waals surface area (Å²) >= 11 is 1.22. The first kappa shape index (κ1) is 47.8. The monoisotopic (exact) mass is 947 g/mol. The number of fused-ring (bicyclic) bond motifs is 1. The first-order chi connectivity index (χ1) is 32.1. The van der Waals surface area contributed by atoms with Crippen LogP contribution in [-0.4, -0.2) is 139 Å². The minimum atomic E-state index is -1.00. The average Bonchev–Trinajstić information content (AvgIpc) is 3.88. The number of likely N-dealkylation sites (tertiary alicyclic amines) is 1. The molecule has 0 spiro atoms. The van der Waals surface area contributed by atoms with Crippen LogP contribution >= 0.6 is 11.8 Å². The van der Waals surface area contributed by atoms with Crippen molar-refractivity contribution in [1.29, 1.82) is 0 Å². The maximum atomic E-state index is 14.3. The van der Waals surface area contributed by atoms with E-state index in [0.717, 1.165) is 0 Å². The number of thioether (sulfide) groups is 1. The van der Waals surface area contributed by atoms with E-state index in [4.69, 9.17) is 18.9 Å². The number of benzene rings is 3. The maximum absolute atomic E-state index is 14.3. The summed E-state index contributed by atoms with van der Waals surface area (Å²) in [6.45, 7) is 2.57. The Morgan fingerprint density at radius 3 is 1.76 bits per heavy atom. The fraction of sp³-hybridized carbons (Fsp3) is 0.419. The van der Waals surface area contributed by atoms with Crippen molar-refractivity contribution in [3.63, 3.8) is 0 Å². The van der Waals surface area contributed by atoms with Crippen molar-refractivity contribution >= 4 is 58.9 Å². The van der Waals surface area contributed by atoms with Gasteiger partial charge in [-0.3, -0.25) is 49.7 Å². The number of nitrogens with zero attached hydrogens (tertiary/aromatic N) is 7. The lowest BCUT2D eigenvalue weighted by Crippen LogP contribution is -2.61. The summed E-state index contributed by atoms with van der Waals surface area (Å²) in [6, 6.07) is 14.9. The van der Waals surface area contributed by atoms with Gasteiger partial charge in [0.1, 0.15) is 38.2 Å². The van der Waals surface area contributed by atoms with Crippen LogP contribution in [0.3, 0.4) is 0 Å². The van der Waals surface area contributed by atoms with Crippen LogP contribution in [0.2, 0.25) is 0 Å². The van der Waals surface area contributed by atoms with Crippen LogP contribution in [0, 0.1) is 36.3 Å². The second kappa shape index (κ2) is 21.0. The molecule has 3 amide bonds. The zero-order valence-electron chi connectivity index (χ0n) is 35.9. The number of carbonyl (C=O) groups excluding carboxylic acids is 5. The molecule has 0 radical (unpaired) electrons. The number of esters is 1. The largest absolute Gasteiger partial charge is 0.508 e. The Kier molecular flexibility index (Phi) is 15.0. The van der Waals surface area contributed by atoms with Crippen molar-refractivity contribution in [3.05, 3.63) is 130 Å². The quantitative estimate of drug-likeness (QED) is 0.0649. The molecule has 4 aliphatic heterocycles. The normalized spacial score (nSPS) is 20.7. The fourth-order valence-electron chi connectivity index (χ4n) is 8.28.